The van der Waals surface area contributed by atoms with Gasteiger partial charge in [0.2, 0.25) is 10.0 Å². The molecular weight excluding hydrogens is 562 g/mol. The number of nitrogens with one attached hydrogen (secondary N) is 1. The molecule has 0 saturated heterocycles. The second kappa shape index (κ2) is 15.0. The van der Waals surface area contributed by atoms with E-state index in [0.717, 1.165) is 10.4 Å². The summed E-state index contributed by atoms with van der Waals surface area (Å²) in [4.78, 5) is 27.0. The maximum atomic E-state index is 13.7. The van der Waals surface area contributed by atoms with E-state index in [9.17, 15) is 23.1 Å². The Bertz CT molecular complexity index is 1330. The van der Waals surface area contributed by atoms with Gasteiger partial charge >= 0.3 is 12.2 Å². The quantitative estimate of drug-likeness (QED) is 0.213. The molecule has 3 aromatic rings. The molecule has 2 N–H and O–H groups in total. The highest BCUT2D eigenvalue weighted by Crippen LogP contribution is 2.22. The first kappa shape index (κ1) is 32.1. The summed E-state index contributed by atoms with van der Waals surface area (Å²) in [6.07, 6.45) is -0.0944. The molecule has 1 aromatic heterocycles. The van der Waals surface area contributed by atoms with Gasteiger partial charge in [0.1, 0.15) is 5.60 Å². The van der Waals surface area contributed by atoms with Crippen molar-refractivity contribution in [3.05, 3.63) is 88.6 Å². The van der Waals surface area contributed by atoms with Crippen LogP contribution in [0.5, 0.6) is 0 Å². The number of carbonyl (C=O) groups excluding carboxylic acids is 1. The zero-order chi connectivity index (χ0) is 29.9. The smallest absolute Gasteiger partial charge is 0.407 e. The lowest BCUT2D eigenvalue weighted by Gasteiger charge is -2.29. The summed E-state index contributed by atoms with van der Waals surface area (Å²) in [5.41, 5.74) is 0.176. The van der Waals surface area contributed by atoms with Gasteiger partial charge in [-0.25, -0.2) is 18.0 Å². The zero-order valence-corrected chi connectivity index (χ0v) is 25.4. The zero-order valence-electron chi connectivity index (χ0n) is 23.7. The maximum Gasteiger partial charge on any atom is 0.407 e. The van der Waals surface area contributed by atoms with Crippen LogP contribution in [0.1, 0.15) is 50.5 Å². The second-order valence-corrected chi connectivity index (χ2v) is 13.7. The predicted octanol–water partition coefficient (Wildman–Crippen LogP) is 6.18. The monoisotopic (exact) mass is 601 g/mol. The number of amides is 2. The summed E-state index contributed by atoms with van der Waals surface area (Å²) in [5, 5.41) is 14.4. The van der Waals surface area contributed by atoms with Gasteiger partial charge < -0.3 is 20.1 Å². The van der Waals surface area contributed by atoms with E-state index >= 15 is 0 Å². The van der Waals surface area contributed by atoms with Gasteiger partial charge in [0.25, 0.3) is 0 Å². The van der Waals surface area contributed by atoms with E-state index in [-0.39, 0.29) is 24.5 Å². The lowest BCUT2D eigenvalue weighted by atomic mass is 10.1. The number of sulfonamides is 1. The molecule has 222 valence electrons. The van der Waals surface area contributed by atoms with Crippen molar-refractivity contribution in [2.24, 2.45) is 0 Å². The van der Waals surface area contributed by atoms with E-state index < -0.39 is 33.9 Å². The van der Waals surface area contributed by atoms with Crippen molar-refractivity contribution >= 4 is 33.5 Å². The Morgan fingerprint density at radius 1 is 0.951 bits per heavy atom. The molecule has 9 nitrogen and oxygen atoms in total. The highest BCUT2D eigenvalue weighted by Gasteiger charge is 2.29. The average Bonchev–Trinajstić information content (AvgIpc) is 3.43. The van der Waals surface area contributed by atoms with Crippen molar-refractivity contribution in [2.45, 2.75) is 69.7 Å². The number of unbranched alkanes of at least 4 members (excludes halogenated alkanes) is 1. The standard InChI is InChI=1S/C30H39N3O6S2/c1-30(2,3)39-28(34)31-25(15-10-11-19-32(29(35)36)21-24-13-6-4-7-14-24)22-33(23-26-16-12-20-40-26)41(37,38)27-17-8-5-9-18-27/h4-9,12-14,16-18,20,25H,10-11,15,19,21-23H2,1-3H3,(H,31,34)(H,35,36). The fourth-order valence-electron chi connectivity index (χ4n) is 4.23. The van der Waals surface area contributed by atoms with Gasteiger partial charge in [0.05, 0.1) is 4.90 Å². The van der Waals surface area contributed by atoms with Gasteiger partial charge in [-0.1, -0.05) is 54.6 Å². The summed E-state index contributed by atoms with van der Waals surface area (Å²) < 4.78 is 34.2. The van der Waals surface area contributed by atoms with E-state index in [1.807, 2.05) is 47.8 Å². The lowest BCUT2D eigenvalue weighted by Crippen LogP contribution is -2.47. The molecule has 0 bridgehead atoms. The number of benzene rings is 2. The lowest BCUT2D eigenvalue weighted by molar-refractivity contribution is 0.0494. The SMILES string of the molecule is CC(C)(C)OC(=O)NC(CCCCN(Cc1ccccc1)C(=O)O)CN(Cc1cccs1)S(=O)(=O)c1ccccc1. The number of ether oxygens (including phenoxy) is 1. The van der Waals surface area contributed by atoms with Gasteiger partial charge in [-0.15, -0.1) is 11.3 Å². The average molecular weight is 602 g/mol. The minimum absolute atomic E-state index is 0.0288. The fraction of sp³-hybridized carbons (Fsp3) is 0.400. The van der Waals surface area contributed by atoms with Crippen LogP contribution >= 0.6 is 11.3 Å². The Morgan fingerprint density at radius 2 is 1.61 bits per heavy atom. The fourth-order valence-corrected chi connectivity index (χ4v) is 6.52. The molecule has 1 atom stereocenters. The number of nitrogens with zero attached hydrogens (tertiary/aromatic N) is 2. The van der Waals surface area contributed by atoms with Crippen LogP contribution in [0.3, 0.4) is 0 Å². The summed E-state index contributed by atoms with van der Waals surface area (Å²) in [5.74, 6) is 0. The number of hydrogen-bond donors (Lipinski definition) is 2. The number of hydrogen-bond acceptors (Lipinski definition) is 6. The van der Waals surface area contributed by atoms with Gasteiger partial charge in [-0.3, -0.25) is 0 Å². The minimum Gasteiger partial charge on any atom is -0.465 e. The predicted molar refractivity (Wildman–Crippen MR) is 160 cm³/mol. The third kappa shape index (κ3) is 10.8. The van der Waals surface area contributed by atoms with Crippen molar-refractivity contribution in [1.29, 1.82) is 0 Å². The molecule has 0 radical (unpaired) electrons. The van der Waals surface area contributed by atoms with Crippen LogP contribution in [0.2, 0.25) is 0 Å². The number of rotatable bonds is 14. The van der Waals surface area contributed by atoms with Crippen molar-refractivity contribution < 1.29 is 27.9 Å². The van der Waals surface area contributed by atoms with Gasteiger partial charge in [0, 0.05) is 37.1 Å². The Morgan fingerprint density at radius 3 is 2.20 bits per heavy atom. The summed E-state index contributed by atoms with van der Waals surface area (Å²) in [7, 11) is -3.87. The normalized spacial score (nSPS) is 12.6. The number of thiophene rings is 1. The molecule has 1 heterocycles. The topological polar surface area (TPSA) is 116 Å². The molecule has 3 rings (SSSR count). The second-order valence-electron chi connectivity index (χ2n) is 10.7. The highest BCUT2D eigenvalue weighted by atomic mass is 32.2. The Balaban J connectivity index is 1.74. The van der Waals surface area contributed by atoms with E-state index in [1.165, 1.54) is 20.5 Å². The Kier molecular flexibility index (Phi) is 11.7. The largest absolute Gasteiger partial charge is 0.465 e. The molecule has 41 heavy (non-hydrogen) atoms. The molecule has 2 amide bonds. The molecule has 0 saturated carbocycles. The first-order chi connectivity index (χ1) is 19.4. The van der Waals surface area contributed by atoms with Crippen LogP contribution < -0.4 is 5.32 Å². The summed E-state index contributed by atoms with van der Waals surface area (Å²) in [6, 6.07) is 20.8. The van der Waals surface area contributed by atoms with Gasteiger partial charge in [-0.2, -0.15) is 4.31 Å². The summed E-state index contributed by atoms with van der Waals surface area (Å²) >= 11 is 1.46. The molecule has 1 unspecified atom stereocenters. The number of carbonyl (C=O) groups is 2. The van der Waals surface area contributed by atoms with Crippen LogP contribution in [-0.4, -0.2) is 59.6 Å². The Hall–Kier alpha value is -3.41. The van der Waals surface area contributed by atoms with Crippen LogP contribution in [0, 0.1) is 0 Å². The van der Waals surface area contributed by atoms with E-state index in [4.69, 9.17) is 4.74 Å². The van der Waals surface area contributed by atoms with Crippen LogP contribution in [0.25, 0.3) is 0 Å². The van der Waals surface area contributed by atoms with E-state index in [0.29, 0.717) is 25.8 Å². The highest BCUT2D eigenvalue weighted by molar-refractivity contribution is 7.89. The van der Waals surface area contributed by atoms with Crippen molar-refractivity contribution in [2.75, 3.05) is 13.1 Å². The molecule has 0 aliphatic rings. The molecule has 0 aliphatic carbocycles. The van der Waals surface area contributed by atoms with Crippen molar-refractivity contribution in [3.8, 4) is 0 Å². The Labute approximate surface area is 246 Å². The van der Waals surface area contributed by atoms with Crippen LogP contribution in [-0.2, 0) is 27.8 Å². The summed E-state index contributed by atoms with van der Waals surface area (Å²) in [6.45, 7) is 6.06. The van der Waals surface area contributed by atoms with Crippen molar-refractivity contribution in [3.63, 3.8) is 0 Å². The molecule has 11 heteroatoms. The van der Waals surface area contributed by atoms with Crippen LogP contribution in [0.15, 0.2) is 83.1 Å². The molecule has 0 fully saturated rings. The van der Waals surface area contributed by atoms with Crippen molar-refractivity contribution in [1.82, 2.24) is 14.5 Å². The molecule has 0 spiro atoms. The van der Waals surface area contributed by atoms with Gasteiger partial charge in [-0.05, 0) is 69.2 Å². The maximum absolute atomic E-state index is 13.7. The third-order valence-corrected chi connectivity index (χ3v) is 8.84. The van der Waals surface area contributed by atoms with E-state index in [1.54, 1.807) is 51.1 Å². The molecule has 0 aliphatic heterocycles. The first-order valence-corrected chi connectivity index (χ1v) is 15.8. The third-order valence-electron chi connectivity index (χ3n) is 6.16. The first-order valence-electron chi connectivity index (χ1n) is 13.5. The minimum atomic E-state index is -3.87. The molecule has 2 aromatic carbocycles. The number of alkyl carbamates (subject to hydrolysis) is 1. The van der Waals surface area contributed by atoms with Crippen LogP contribution in [0.4, 0.5) is 9.59 Å². The molecular formula is C30H39N3O6S2. The van der Waals surface area contributed by atoms with E-state index in [2.05, 4.69) is 5.32 Å². The number of carboxylic acid groups (broad SMARTS) is 1. The van der Waals surface area contributed by atoms with Gasteiger partial charge in [0.15, 0.2) is 0 Å².